The summed E-state index contributed by atoms with van der Waals surface area (Å²) in [7, 11) is 0. The Labute approximate surface area is 100 Å². The van der Waals surface area contributed by atoms with Crippen LogP contribution in [0, 0.1) is 5.82 Å². The fraction of sp³-hybridized carbons (Fsp3) is 0.500. The highest BCUT2D eigenvalue weighted by molar-refractivity contribution is 5.75. The molecule has 17 heavy (non-hydrogen) atoms. The van der Waals surface area contributed by atoms with Crippen LogP contribution in [-0.4, -0.2) is 17.4 Å². The van der Waals surface area contributed by atoms with Gasteiger partial charge in [0.1, 0.15) is 5.82 Å². The van der Waals surface area contributed by atoms with Gasteiger partial charge >= 0.3 is 0 Å². The Kier molecular flexibility index (Phi) is 4.57. The molecule has 1 atom stereocenters. The molecule has 0 aliphatic heterocycles. The van der Waals surface area contributed by atoms with E-state index in [9.17, 15) is 9.18 Å². The molecule has 0 fully saturated rings. The smallest absolute Gasteiger partial charge is 0.219 e. The van der Waals surface area contributed by atoms with Crippen LogP contribution in [0.1, 0.15) is 32.4 Å². The number of pyridine rings is 1. The predicted octanol–water partition coefficient (Wildman–Crippen LogP) is 1.31. The summed E-state index contributed by atoms with van der Waals surface area (Å²) in [5, 5.41) is 3.23. The SMILES string of the molecule is CCNC(CC)(CC(N)=O)c1ccc(F)cn1. The molecule has 0 saturated heterocycles. The number of nitrogens with zero attached hydrogens (tertiary/aromatic N) is 1. The zero-order valence-corrected chi connectivity index (χ0v) is 10.2. The molecule has 0 aliphatic carbocycles. The van der Waals surface area contributed by atoms with E-state index >= 15 is 0 Å². The lowest BCUT2D eigenvalue weighted by molar-refractivity contribution is -0.119. The molecule has 1 aromatic rings. The second kappa shape index (κ2) is 5.72. The highest BCUT2D eigenvalue weighted by Crippen LogP contribution is 2.27. The zero-order chi connectivity index (χ0) is 12.9. The number of hydrogen-bond acceptors (Lipinski definition) is 3. The Bertz CT molecular complexity index is 380. The van der Waals surface area contributed by atoms with Crippen molar-refractivity contribution >= 4 is 5.91 Å². The second-order valence-electron chi connectivity index (χ2n) is 3.97. The number of primary amides is 1. The van der Waals surface area contributed by atoms with Crippen LogP contribution in [-0.2, 0) is 10.3 Å². The van der Waals surface area contributed by atoms with Crippen molar-refractivity contribution in [2.45, 2.75) is 32.2 Å². The minimum atomic E-state index is -0.603. The molecule has 0 aromatic carbocycles. The van der Waals surface area contributed by atoms with Gasteiger partial charge in [0.15, 0.2) is 0 Å². The number of hydrogen-bond donors (Lipinski definition) is 2. The van der Waals surface area contributed by atoms with Crippen molar-refractivity contribution in [3.63, 3.8) is 0 Å². The first-order valence-electron chi connectivity index (χ1n) is 5.69. The molecule has 94 valence electrons. The van der Waals surface area contributed by atoms with E-state index in [0.29, 0.717) is 18.7 Å². The number of carbonyl (C=O) groups excluding carboxylic acids is 1. The summed E-state index contributed by atoms with van der Waals surface area (Å²) in [4.78, 5) is 15.2. The molecule has 0 aliphatic rings. The summed E-state index contributed by atoms with van der Waals surface area (Å²) in [6.45, 7) is 4.56. The Morgan fingerprint density at radius 1 is 1.53 bits per heavy atom. The first-order chi connectivity index (χ1) is 8.04. The molecule has 0 radical (unpaired) electrons. The summed E-state index contributed by atoms with van der Waals surface area (Å²) in [5.74, 6) is -0.798. The molecular formula is C12H18FN3O. The maximum absolute atomic E-state index is 12.9. The van der Waals surface area contributed by atoms with Crippen LogP contribution in [0.25, 0.3) is 0 Å². The van der Waals surface area contributed by atoms with Crippen molar-refractivity contribution < 1.29 is 9.18 Å². The Morgan fingerprint density at radius 3 is 2.65 bits per heavy atom. The Hall–Kier alpha value is -1.49. The summed E-state index contributed by atoms with van der Waals surface area (Å²) in [6, 6.07) is 2.93. The van der Waals surface area contributed by atoms with E-state index in [1.807, 2.05) is 13.8 Å². The number of rotatable bonds is 6. The van der Waals surface area contributed by atoms with Crippen molar-refractivity contribution in [2.24, 2.45) is 5.73 Å². The average molecular weight is 239 g/mol. The van der Waals surface area contributed by atoms with Gasteiger partial charge in [-0.05, 0) is 25.1 Å². The molecule has 5 heteroatoms. The van der Waals surface area contributed by atoms with Gasteiger partial charge in [-0.25, -0.2) is 4.39 Å². The van der Waals surface area contributed by atoms with E-state index < -0.39 is 17.3 Å². The number of amides is 1. The van der Waals surface area contributed by atoms with Crippen molar-refractivity contribution in [1.29, 1.82) is 0 Å². The van der Waals surface area contributed by atoms with E-state index in [1.165, 1.54) is 6.07 Å². The summed E-state index contributed by atoms with van der Waals surface area (Å²) < 4.78 is 12.9. The molecular weight excluding hydrogens is 221 g/mol. The van der Waals surface area contributed by atoms with Crippen LogP contribution in [0.4, 0.5) is 4.39 Å². The topological polar surface area (TPSA) is 68.0 Å². The summed E-state index contributed by atoms with van der Waals surface area (Å²) >= 11 is 0. The molecule has 0 saturated carbocycles. The molecule has 1 rings (SSSR count). The lowest BCUT2D eigenvalue weighted by Crippen LogP contribution is -2.45. The van der Waals surface area contributed by atoms with Gasteiger partial charge < -0.3 is 11.1 Å². The average Bonchev–Trinajstić information content (AvgIpc) is 2.28. The fourth-order valence-corrected chi connectivity index (χ4v) is 1.97. The quantitative estimate of drug-likeness (QED) is 0.786. The number of carbonyl (C=O) groups is 1. The molecule has 0 spiro atoms. The number of nitrogens with two attached hydrogens (primary N) is 1. The van der Waals surface area contributed by atoms with Crippen LogP contribution in [0.2, 0.25) is 0 Å². The summed E-state index contributed by atoms with van der Waals surface area (Å²) in [6.07, 6.45) is 1.95. The van der Waals surface area contributed by atoms with Crippen LogP contribution < -0.4 is 11.1 Å². The highest BCUT2D eigenvalue weighted by Gasteiger charge is 2.32. The van der Waals surface area contributed by atoms with Gasteiger partial charge in [-0.3, -0.25) is 9.78 Å². The standard InChI is InChI=1S/C12H18FN3O/c1-3-12(16-4-2,7-11(14)17)10-6-5-9(13)8-15-10/h5-6,8,16H,3-4,7H2,1-2H3,(H2,14,17). The van der Waals surface area contributed by atoms with Gasteiger partial charge in [0.2, 0.25) is 5.91 Å². The van der Waals surface area contributed by atoms with Crippen LogP contribution in [0.3, 0.4) is 0 Å². The summed E-state index contributed by atoms with van der Waals surface area (Å²) in [5.41, 5.74) is 5.31. The van der Waals surface area contributed by atoms with E-state index in [1.54, 1.807) is 6.07 Å². The zero-order valence-electron chi connectivity index (χ0n) is 10.2. The van der Waals surface area contributed by atoms with Crippen molar-refractivity contribution in [1.82, 2.24) is 10.3 Å². The lowest BCUT2D eigenvalue weighted by Gasteiger charge is -2.32. The molecule has 1 aromatic heterocycles. The molecule has 1 amide bonds. The monoisotopic (exact) mass is 239 g/mol. The number of aromatic nitrogens is 1. The van der Waals surface area contributed by atoms with Crippen molar-refractivity contribution in [2.75, 3.05) is 6.54 Å². The Balaban J connectivity index is 3.10. The van der Waals surface area contributed by atoms with Crippen LogP contribution in [0.15, 0.2) is 18.3 Å². The van der Waals surface area contributed by atoms with E-state index in [0.717, 1.165) is 6.20 Å². The maximum Gasteiger partial charge on any atom is 0.219 e. The molecule has 0 bridgehead atoms. The molecule has 4 nitrogen and oxygen atoms in total. The minimum absolute atomic E-state index is 0.149. The maximum atomic E-state index is 12.9. The first-order valence-corrected chi connectivity index (χ1v) is 5.69. The highest BCUT2D eigenvalue weighted by atomic mass is 19.1. The van der Waals surface area contributed by atoms with Gasteiger partial charge in [-0.15, -0.1) is 0 Å². The van der Waals surface area contributed by atoms with E-state index in [4.69, 9.17) is 5.73 Å². The fourth-order valence-electron chi connectivity index (χ4n) is 1.97. The van der Waals surface area contributed by atoms with Crippen LogP contribution in [0.5, 0.6) is 0 Å². The van der Waals surface area contributed by atoms with Crippen LogP contribution >= 0.6 is 0 Å². The van der Waals surface area contributed by atoms with E-state index in [2.05, 4.69) is 10.3 Å². The van der Waals surface area contributed by atoms with E-state index in [-0.39, 0.29) is 6.42 Å². The number of nitrogens with one attached hydrogen (secondary N) is 1. The minimum Gasteiger partial charge on any atom is -0.370 e. The predicted molar refractivity (Wildman–Crippen MR) is 63.7 cm³/mol. The van der Waals surface area contributed by atoms with Crippen molar-refractivity contribution in [3.05, 3.63) is 29.8 Å². The third-order valence-corrected chi connectivity index (χ3v) is 2.81. The lowest BCUT2D eigenvalue weighted by atomic mass is 9.87. The first kappa shape index (κ1) is 13.6. The molecule has 3 N–H and O–H groups in total. The van der Waals surface area contributed by atoms with Gasteiger partial charge in [-0.2, -0.15) is 0 Å². The normalized spacial score (nSPS) is 14.3. The number of halogens is 1. The van der Waals surface area contributed by atoms with Gasteiger partial charge in [0.05, 0.1) is 23.9 Å². The van der Waals surface area contributed by atoms with Crippen molar-refractivity contribution in [3.8, 4) is 0 Å². The van der Waals surface area contributed by atoms with Gasteiger partial charge in [0.25, 0.3) is 0 Å². The largest absolute Gasteiger partial charge is 0.370 e. The third kappa shape index (κ3) is 3.23. The molecule has 1 heterocycles. The Morgan fingerprint density at radius 2 is 2.24 bits per heavy atom. The second-order valence-corrected chi connectivity index (χ2v) is 3.97. The molecule has 1 unspecified atom stereocenters. The third-order valence-electron chi connectivity index (χ3n) is 2.81. The van der Waals surface area contributed by atoms with Gasteiger partial charge in [-0.1, -0.05) is 13.8 Å². The van der Waals surface area contributed by atoms with Gasteiger partial charge in [0, 0.05) is 0 Å².